The molecular formula is C23H21N5O2S. The average molecular weight is 432 g/mol. The van der Waals surface area contributed by atoms with Crippen molar-refractivity contribution in [2.24, 2.45) is 0 Å². The van der Waals surface area contributed by atoms with Gasteiger partial charge in [0.15, 0.2) is 10.8 Å². The molecular weight excluding hydrogens is 410 g/mol. The Labute approximate surface area is 184 Å². The number of pyridine rings is 1. The summed E-state index contributed by atoms with van der Waals surface area (Å²) in [5.74, 6) is 0.838. The molecule has 0 radical (unpaired) electrons. The van der Waals surface area contributed by atoms with E-state index in [0.29, 0.717) is 11.7 Å². The lowest BCUT2D eigenvalue weighted by molar-refractivity contribution is -0.116. The van der Waals surface area contributed by atoms with Crippen molar-refractivity contribution in [3.63, 3.8) is 0 Å². The normalized spacial score (nSPS) is 10.9. The van der Waals surface area contributed by atoms with E-state index < -0.39 is 0 Å². The van der Waals surface area contributed by atoms with Gasteiger partial charge in [0, 0.05) is 23.7 Å². The van der Waals surface area contributed by atoms with Crippen LogP contribution < -0.4 is 9.64 Å². The molecule has 0 unspecified atom stereocenters. The molecule has 156 valence electrons. The predicted octanol–water partition coefficient (Wildman–Crippen LogP) is 4.24. The van der Waals surface area contributed by atoms with E-state index in [1.54, 1.807) is 12.0 Å². The van der Waals surface area contributed by atoms with Crippen LogP contribution in [0, 0.1) is 18.3 Å². The number of aromatic nitrogens is 3. The van der Waals surface area contributed by atoms with Gasteiger partial charge in [0.2, 0.25) is 5.91 Å². The van der Waals surface area contributed by atoms with E-state index in [4.69, 9.17) is 10.00 Å². The number of para-hydroxylation sites is 1. The van der Waals surface area contributed by atoms with Gasteiger partial charge in [-0.25, -0.2) is 0 Å². The van der Waals surface area contributed by atoms with Crippen LogP contribution in [0.15, 0.2) is 59.8 Å². The van der Waals surface area contributed by atoms with E-state index in [2.05, 4.69) is 16.3 Å². The van der Waals surface area contributed by atoms with E-state index >= 15 is 0 Å². The number of amides is 1. The third-order valence-electron chi connectivity index (χ3n) is 5.02. The molecule has 0 aliphatic carbocycles. The summed E-state index contributed by atoms with van der Waals surface area (Å²) in [6.07, 6.45) is 0.267. The highest BCUT2D eigenvalue weighted by atomic mass is 32.2. The summed E-state index contributed by atoms with van der Waals surface area (Å²) >= 11 is 1.33. The molecule has 0 bridgehead atoms. The topological polar surface area (TPSA) is 83.5 Å². The van der Waals surface area contributed by atoms with Crippen molar-refractivity contribution in [2.45, 2.75) is 18.5 Å². The second-order valence-electron chi connectivity index (χ2n) is 6.96. The lowest BCUT2D eigenvalue weighted by atomic mass is 10.1. The second kappa shape index (κ2) is 9.06. The number of methoxy groups -OCH3 is 1. The third kappa shape index (κ3) is 4.18. The lowest BCUT2D eigenvalue weighted by Crippen LogP contribution is -2.33. The number of nitriles is 1. The summed E-state index contributed by atoms with van der Waals surface area (Å²) in [6.45, 7) is 2.38. The molecule has 4 rings (SSSR count). The van der Waals surface area contributed by atoms with Crippen LogP contribution in [-0.2, 0) is 4.79 Å². The van der Waals surface area contributed by atoms with Gasteiger partial charge in [0.05, 0.1) is 30.9 Å². The number of hydrogen-bond acceptors (Lipinski definition) is 6. The minimum absolute atomic E-state index is 0.0859. The Morgan fingerprint density at radius 3 is 2.74 bits per heavy atom. The number of carbonyl (C=O) groups is 1. The maximum atomic E-state index is 13.0. The summed E-state index contributed by atoms with van der Waals surface area (Å²) in [5, 5.41) is 19.3. The first kappa shape index (κ1) is 20.7. The molecule has 31 heavy (non-hydrogen) atoms. The number of ether oxygens (including phenoxy) is 1. The van der Waals surface area contributed by atoms with Crippen LogP contribution in [0.1, 0.15) is 12.0 Å². The van der Waals surface area contributed by atoms with Crippen LogP contribution in [0.5, 0.6) is 5.75 Å². The van der Waals surface area contributed by atoms with Crippen LogP contribution in [-0.4, -0.2) is 39.9 Å². The number of thioether (sulfide) groups is 1. The fraction of sp³-hybridized carbons (Fsp3) is 0.217. The third-order valence-corrected chi connectivity index (χ3v) is 5.93. The molecule has 8 heteroatoms. The number of benzene rings is 2. The monoisotopic (exact) mass is 431 g/mol. The molecule has 0 fully saturated rings. The van der Waals surface area contributed by atoms with Gasteiger partial charge in [0.25, 0.3) is 0 Å². The first-order valence-corrected chi connectivity index (χ1v) is 10.8. The Morgan fingerprint density at radius 2 is 2.00 bits per heavy atom. The van der Waals surface area contributed by atoms with Crippen LogP contribution >= 0.6 is 11.8 Å². The standard InChI is InChI=1S/C23H21N5O2S/c1-16-13-21-25-26-23(28(21)20-14-18(30-2)9-10-19(16)20)31-15-22(29)27(12-6-11-24)17-7-4-3-5-8-17/h3-5,7-10,13-14H,6,12,15H2,1-2H3. The van der Waals surface area contributed by atoms with Crippen molar-refractivity contribution in [1.82, 2.24) is 14.6 Å². The van der Waals surface area contributed by atoms with Gasteiger partial charge in [-0.05, 0) is 42.8 Å². The van der Waals surface area contributed by atoms with E-state index in [9.17, 15) is 4.79 Å². The minimum Gasteiger partial charge on any atom is -0.497 e. The molecule has 2 heterocycles. The number of hydrogen-bond donors (Lipinski definition) is 0. The van der Waals surface area contributed by atoms with E-state index in [0.717, 1.165) is 33.6 Å². The maximum Gasteiger partial charge on any atom is 0.237 e. The molecule has 0 aliphatic rings. The molecule has 4 aromatic rings. The number of fused-ring (bicyclic) bond motifs is 3. The van der Waals surface area contributed by atoms with Crippen molar-refractivity contribution in [3.8, 4) is 11.8 Å². The van der Waals surface area contributed by atoms with Crippen molar-refractivity contribution in [2.75, 3.05) is 24.3 Å². The van der Waals surface area contributed by atoms with Gasteiger partial charge in [-0.1, -0.05) is 30.0 Å². The average Bonchev–Trinajstić information content (AvgIpc) is 3.21. The van der Waals surface area contributed by atoms with Crippen LogP contribution in [0.2, 0.25) is 0 Å². The largest absolute Gasteiger partial charge is 0.497 e. The molecule has 2 aromatic heterocycles. The highest BCUT2D eigenvalue weighted by Crippen LogP contribution is 2.29. The van der Waals surface area contributed by atoms with Gasteiger partial charge in [-0.2, -0.15) is 5.26 Å². The lowest BCUT2D eigenvalue weighted by Gasteiger charge is -2.21. The highest BCUT2D eigenvalue weighted by molar-refractivity contribution is 7.99. The van der Waals surface area contributed by atoms with Gasteiger partial charge >= 0.3 is 0 Å². The summed E-state index contributed by atoms with van der Waals surface area (Å²) in [6, 6.07) is 19.4. The van der Waals surface area contributed by atoms with Gasteiger partial charge in [0.1, 0.15) is 5.75 Å². The van der Waals surface area contributed by atoms with Crippen molar-refractivity contribution in [3.05, 3.63) is 60.2 Å². The van der Waals surface area contributed by atoms with Crippen LogP contribution in [0.4, 0.5) is 5.69 Å². The molecule has 1 amide bonds. The number of anilines is 1. The summed E-state index contributed by atoms with van der Waals surface area (Å²) < 4.78 is 7.34. The maximum absolute atomic E-state index is 13.0. The van der Waals surface area contributed by atoms with E-state index in [1.165, 1.54) is 11.8 Å². The fourth-order valence-electron chi connectivity index (χ4n) is 3.49. The first-order valence-electron chi connectivity index (χ1n) is 9.80. The van der Waals surface area contributed by atoms with Crippen molar-refractivity contribution >= 4 is 39.9 Å². The molecule has 2 aromatic carbocycles. The second-order valence-corrected chi connectivity index (χ2v) is 7.91. The number of nitrogens with zero attached hydrogens (tertiary/aromatic N) is 5. The van der Waals surface area contributed by atoms with E-state index in [1.807, 2.05) is 65.9 Å². The Hall–Kier alpha value is -3.57. The zero-order chi connectivity index (χ0) is 21.8. The van der Waals surface area contributed by atoms with Gasteiger partial charge in [-0.3, -0.25) is 9.20 Å². The zero-order valence-corrected chi connectivity index (χ0v) is 18.1. The van der Waals surface area contributed by atoms with Crippen LogP contribution in [0.3, 0.4) is 0 Å². The molecule has 7 nitrogen and oxygen atoms in total. The van der Waals surface area contributed by atoms with E-state index in [-0.39, 0.29) is 18.1 Å². The number of rotatable bonds is 7. The highest BCUT2D eigenvalue weighted by Gasteiger charge is 2.18. The minimum atomic E-state index is -0.0859. The van der Waals surface area contributed by atoms with Crippen molar-refractivity contribution in [1.29, 1.82) is 5.26 Å². The first-order chi connectivity index (χ1) is 15.1. The zero-order valence-electron chi connectivity index (χ0n) is 17.3. The van der Waals surface area contributed by atoms with Gasteiger partial charge < -0.3 is 9.64 Å². The Kier molecular flexibility index (Phi) is 6.05. The molecule has 0 atom stereocenters. The Balaban J connectivity index is 1.64. The molecule has 0 saturated carbocycles. The molecule has 0 aliphatic heterocycles. The van der Waals surface area contributed by atoms with Crippen LogP contribution in [0.25, 0.3) is 16.6 Å². The Morgan fingerprint density at radius 1 is 1.19 bits per heavy atom. The molecule has 0 spiro atoms. The smallest absolute Gasteiger partial charge is 0.237 e. The Bertz CT molecular complexity index is 1280. The molecule has 0 N–H and O–H groups in total. The number of aryl methyl sites for hydroxylation is 1. The predicted molar refractivity (Wildman–Crippen MR) is 122 cm³/mol. The number of carbonyl (C=O) groups excluding carboxylic acids is 1. The summed E-state index contributed by atoms with van der Waals surface area (Å²) in [4.78, 5) is 14.7. The summed E-state index contributed by atoms with van der Waals surface area (Å²) in [5.41, 5.74) is 3.52. The summed E-state index contributed by atoms with van der Waals surface area (Å²) in [7, 11) is 1.63. The fourth-order valence-corrected chi connectivity index (χ4v) is 4.32. The van der Waals surface area contributed by atoms with Crippen molar-refractivity contribution < 1.29 is 9.53 Å². The quantitative estimate of drug-likeness (QED) is 0.407. The van der Waals surface area contributed by atoms with Gasteiger partial charge in [-0.15, -0.1) is 10.2 Å². The molecule has 0 saturated heterocycles. The SMILES string of the molecule is COc1ccc2c(C)cc3nnc(SCC(=O)N(CCC#N)c4ccccc4)n3c2c1.